The first-order valence-electron chi connectivity index (χ1n) is 7.37. The molecule has 1 aliphatic heterocycles. The number of amides is 1. The van der Waals surface area contributed by atoms with Gasteiger partial charge >= 0.3 is 0 Å². The molecule has 120 valence electrons. The number of benzene rings is 2. The number of halogens is 2. The number of carbonyl (C=O) groups excluding carboxylic acids is 1. The molecule has 1 amide bonds. The van der Waals surface area contributed by atoms with Crippen LogP contribution in [-0.2, 0) is 0 Å². The summed E-state index contributed by atoms with van der Waals surface area (Å²) >= 11 is 12.1. The molecule has 2 aromatic rings. The average Bonchev–Trinajstić information content (AvgIpc) is 2.53. The standard InChI is InChI=1S/C17H16Cl2N2O2/c1-2-7-21-16(12-8-10(18)9-13(19)15(12)22)20-14-6-4-3-5-11(14)17(21)23/h3-6,8-9,16,20,22H,2,7H2,1H3/t16-/m0/s1. The van der Waals surface area contributed by atoms with Gasteiger partial charge in [0.05, 0.1) is 10.6 Å². The van der Waals surface area contributed by atoms with Crippen LogP contribution in [0.5, 0.6) is 5.75 Å². The van der Waals surface area contributed by atoms with Crippen molar-refractivity contribution in [2.75, 3.05) is 11.9 Å². The van der Waals surface area contributed by atoms with E-state index in [1.54, 1.807) is 17.0 Å². The summed E-state index contributed by atoms with van der Waals surface area (Å²) in [5.41, 5.74) is 1.83. The smallest absolute Gasteiger partial charge is 0.257 e. The number of rotatable bonds is 3. The predicted molar refractivity (Wildman–Crippen MR) is 92.3 cm³/mol. The molecule has 0 unspecified atom stereocenters. The van der Waals surface area contributed by atoms with Gasteiger partial charge in [-0.25, -0.2) is 0 Å². The number of para-hydroxylation sites is 1. The summed E-state index contributed by atoms with van der Waals surface area (Å²) in [6.07, 6.45) is 0.273. The Morgan fingerprint density at radius 1 is 1.26 bits per heavy atom. The molecule has 2 aromatic carbocycles. The molecule has 0 spiro atoms. The highest BCUT2D eigenvalue weighted by Gasteiger charge is 2.34. The molecule has 0 fully saturated rings. The van der Waals surface area contributed by atoms with Gasteiger partial charge in [0.2, 0.25) is 0 Å². The third kappa shape index (κ3) is 2.84. The first-order valence-corrected chi connectivity index (χ1v) is 8.13. The Morgan fingerprint density at radius 2 is 2.00 bits per heavy atom. The zero-order chi connectivity index (χ0) is 16.6. The van der Waals surface area contributed by atoms with Crippen molar-refractivity contribution in [2.24, 2.45) is 0 Å². The Labute approximate surface area is 144 Å². The fourth-order valence-electron chi connectivity index (χ4n) is 2.80. The van der Waals surface area contributed by atoms with Gasteiger partial charge in [-0.2, -0.15) is 0 Å². The lowest BCUT2D eigenvalue weighted by atomic mass is 10.0. The molecule has 0 saturated carbocycles. The van der Waals surface area contributed by atoms with Crippen LogP contribution in [-0.4, -0.2) is 22.5 Å². The summed E-state index contributed by atoms with van der Waals surface area (Å²) in [5.74, 6) is -0.149. The van der Waals surface area contributed by atoms with Crippen molar-refractivity contribution in [3.63, 3.8) is 0 Å². The summed E-state index contributed by atoms with van der Waals surface area (Å²) in [7, 11) is 0. The van der Waals surface area contributed by atoms with Crippen LogP contribution >= 0.6 is 23.2 Å². The van der Waals surface area contributed by atoms with Gasteiger partial charge < -0.3 is 15.3 Å². The van der Waals surface area contributed by atoms with Crippen LogP contribution in [0, 0.1) is 0 Å². The Kier molecular flexibility index (Phi) is 4.37. The van der Waals surface area contributed by atoms with E-state index in [2.05, 4.69) is 5.32 Å². The number of anilines is 1. The van der Waals surface area contributed by atoms with E-state index >= 15 is 0 Å². The van der Waals surface area contributed by atoms with Crippen molar-refractivity contribution in [3.05, 3.63) is 57.6 Å². The molecule has 1 aliphatic rings. The molecule has 3 rings (SSSR count). The van der Waals surface area contributed by atoms with Gasteiger partial charge in [-0.05, 0) is 30.7 Å². The van der Waals surface area contributed by atoms with Gasteiger partial charge in [-0.1, -0.05) is 42.3 Å². The van der Waals surface area contributed by atoms with Gasteiger partial charge in [-0.15, -0.1) is 0 Å². The minimum absolute atomic E-state index is 0.0677. The number of hydrogen-bond acceptors (Lipinski definition) is 3. The van der Waals surface area contributed by atoms with Gasteiger partial charge in [0, 0.05) is 22.8 Å². The molecular formula is C17H16Cl2N2O2. The number of nitrogens with one attached hydrogen (secondary N) is 1. The lowest BCUT2D eigenvalue weighted by molar-refractivity contribution is 0.0681. The summed E-state index contributed by atoms with van der Waals surface area (Å²) < 4.78 is 0. The minimum atomic E-state index is -0.520. The van der Waals surface area contributed by atoms with Crippen LogP contribution in [0.2, 0.25) is 10.0 Å². The van der Waals surface area contributed by atoms with E-state index in [4.69, 9.17) is 23.2 Å². The monoisotopic (exact) mass is 350 g/mol. The highest BCUT2D eigenvalue weighted by atomic mass is 35.5. The number of phenolic OH excluding ortho intramolecular Hbond substituents is 1. The van der Waals surface area contributed by atoms with Gasteiger partial charge in [-0.3, -0.25) is 4.79 Å². The molecule has 0 bridgehead atoms. The van der Waals surface area contributed by atoms with Crippen LogP contribution in [0.15, 0.2) is 36.4 Å². The fourth-order valence-corrected chi connectivity index (χ4v) is 3.31. The van der Waals surface area contributed by atoms with Crippen LogP contribution in [0.1, 0.15) is 35.4 Å². The summed E-state index contributed by atoms with van der Waals surface area (Å²) in [6.45, 7) is 2.55. The molecule has 0 saturated heterocycles. The lowest BCUT2D eigenvalue weighted by Crippen LogP contribution is -2.43. The molecule has 1 heterocycles. The summed E-state index contributed by atoms with van der Waals surface area (Å²) in [5, 5.41) is 14.2. The normalized spacial score (nSPS) is 16.9. The molecular weight excluding hydrogens is 335 g/mol. The molecule has 0 radical (unpaired) electrons. The first kappa shape index (κ1) is 16.0. The fraction of sp³-hybridized carbons (Fsp3) is 0.235. The molecule has 6 heteroatoms. The third-order valence-corrected chi connectivity index (χ3v) is 4.35. The van der Waals surface area contributed by atoms with Gasteiger partial charge in [0.1, 0.15) is 11.9 Å². The maximum absolute atomic E-state index is 12.8. The number of aromatic hydroxyl groups is 1. The van der Waals surface area contributed by atoms with E-state index in [0.717, 1.165) is 12.1 Å². The first-order chi connectivity index (χ1) is 11.0. The molecule has 2 N–H and O–H groups in total. The molecule has 23 heavy (non-hydrogen) atoms. The number of fused-ring (bicyclic) bond motifs is 1. The van der Waals surface area contributed by atoms with Crippen molar-refractivity contribution >= 4 is 34.8 Å². The Bertz CT molecular complexity index is 764. The van der Waals surface area contributed by atoms with Crippen LogP contribution < -0.4 is 5.32 Å². The summed E-state index contributed by atoms with van der Waals surface area (Å²) in [6, 6.07) is 10.4. The highest BCUT2D eigenvalue weighted by Crippen LogP contribution is 2.40. The Balaban J connectivity index is 2.12. The number of carbonyl (C=O) groups is 1. The second kappa shape index (κ2) is 6.30. The van der Waals surface area contributed by atoms with Gasteiger partial charge in [0.25, 0.3) is 5.91 Å². The van der Waals surface area contributed by atoms with Crippen LogP contribution in [0.25, 0.3) is 0 Å². The zero-order valence-corrected chi connectivity index (χ0v) is 14.0. The molecule has 0 aromatic heterocycles. The van der Waals surface area contributed by atoms with Crippen LogP contribution in [0.4, 0.5) is 5.69 Å². The van der Waals surface area contributed by atoms with E-state index in [9.17, 15) is 9.90 Å². The molecule has 0 aliphatic carbocycles. The lowest BCUT2D eigenvalue weighted by Gasteiger charge is -2.38. The number of nitrogens with zero attached hydrogens (tertiary/aromatic N) is 1. The molecule has 4 nitrogen and oxygen atoms in total. The second-order valence-corrected chi connectivity index (χ2v) is 6.26. The SMILES string of the molecule is CCCN1C(=O)c2ccccc2N[C@@H]1c1cc(Cl)cc(Cl)c1O. The Morgan fingerprint density at radius 3 is 2.74 bits per heavy atom. The number of phenols is 1. The van der Waals surface area contributed by atoms with Gasteiger partial charge in [0.15, 0.2) is 0 Å². The minimum Gasteiger partial charge on any atom is -0.506 e. The van der Waals surface area contributed by atoms with E-state index in [1.165, 1.54) is 6.07 Å². The maximum atomic E-state index is 12.8. The largest absolute Gasteiger partial charge is 0.506 e. The Hall–Kier alpha value is -1.91. The second-order valence-electron chi connectivity index (χ2n) is 5.42. The predicted octanol–water partition coefficient (Wildman–Crippen LogP) is 4.68. The zero-order valence-electron chi connectivity index (χ0n) is 12.5. The highest BCUT2D eigenvalue weighted by molar-refractivity contribution is 6.35. The van der Waals surface area contributed by atoms with Crippen molar-refractivity contribution < 1.29 is 9.90 Å². The average molecular weight is 351 g/mol. The van der Waals surface area contributed by atoms with E-state index < -0.39 is 6.17 Å². The summed E-state index contributed by atoms with van der Waals surface area (Å²) in [4.78, 5) is 14.5. The van der Waals surface area contributed by atoms with E-state index in [1.807, 2.05) is 25.1 Å². The van der Waals surface area contributed by atoms with E-state index in [-0.39, 0.29) is 16.7 Å². The van der Waals surface area contributed by atoms with E-state index in [0.29, 0.717) is 22.7 Å². The van der Waals surface area contributed by atoms with Crippen molar-refractivity contribution in [3.8, 4) is 5.75 Å². The van der Waals surface area contributed by atoms with Crippen molar-refractivity contribution in [1.29, 1.82) is 0 Å². The maximum Gasteiger partial charge on any atom is 0.257 e. The topological polar surface area (TPSA) is 52.6 Å². The molecule has 1 atom stereocenters. The quantitative estimate of drug-likeness (QED) is 0.845. The van der Waals surface area contributed by atoms with Crippen molar-refractivity contribution in [1.82, 2.24) is 4.90 Å². The third-order valence-electron chi connectivity index (χ3n) is 3.84. The van der Waals surface area contributed by atoms with Crippen molar-refractivity contribution in [2.45, 2.75) is 19.5 Å². The van der Waals surface area contributed by atoms with Crippen LogP contribution in [0.3, 0.4) is 0 Å². The number of hydrogen-bond donors (Lipinski definition) is 2.